The molecule has 3 aromatic heterocycles. The van der Waals surface area contributed by atoms with Crippen LogP contribution in [0, 0.1) is 53.2 Å². The number of nitrogens with two attached hydrogens (primary N) is 2. The number of Topliss-reactive ketones (excluding diaryl/α,β-unsaturated/α-hetero) is 2. The van der Waals surface area contributed by atoms with E-state index < -0.39 is 23.8 Å². The van der Waals surface area contributed by atoms with E-state index in [-0.39, 0.29) is 79.5 Å². The molecule has 0 aliphatic rings. The molecular formula is C84H72BrCl4N13O10S4. The SMILES string of the molecule is COc1ccc2c(C)ccc(N=C=S)c2c1.Cc1ccc2c(C)ccc(-n3c(Br)nnc3SCC(=O)Cc3ccc(C(=O)O)cc3Cl)c2c1.Cc1ccc2c(C)ccc(-n3c(N)n[nH]c3=S)c2c1.Cc1ccc2c(C)ccc(-n3c(N)nnc3SCC(=O)Cc3ccc(C(=O)O)cc3Cl)c2c1.O=C(CCl)Nc1ccc(C(=O)O)cc1Cl. The molecule has 0 spiro atoms. The lowest BCUT2D eigenvalue weighted by atomic mass is 10.0. The number of aliphatic imine (C=N–C) groups is 1. The molecule has 0 bridgehead atoms. The third kappa shape index (κ3) is 21.3. The number of nitrogens with one attached hydrogen (secondary N) is 2. The molecule has 0 unspecified atom stereocenters. The van der Waals surface area contributed by atoms with Crippen molar-refractivity contribution in [3.63, 3.8) is 0 Å². The number of carbonyl (C=O) groups excluding carboxylic acids is 3. The maximum atomic E-state index is 12.6. The van der Waals surface area contributed by atoms with E-state index in [0.717, 1.165) is 82.9 Å². The fourth-order valence-electron chi connectivity index (χ4n) is 12.2. The highest BCUT2D eigenvalue weighted by Gasteiger charge is 2.22. The molecule has 14 aromatic rings. The Kier molecular flexibility index (Phi) is 29.7. The summed E-state index contributed by atoms with van der Waals surface area (Å²) in [5, 5.41) is 65.6. The number of aromatic carboxylic acids is 3. The van der Waals surface area contributed by atoms with E-state index in [1.807, 2.05) is 66.1 Å². The second-order valence-corrected chi connectivity index (χ2v) is 30.9. The number of nitrogens with zero attached hydrogens (tertiary/aromatic N) is 9. The Morgan fingerprint density at radius 3 is 1.37 bits per heavy atom. The summed E-state index contributed by atoms with van der Waals surface area (Å²) in [6, 6.07) is 53.8. The number of thioether (sulfide) groups is 2. The number of methoxy groups -OCH3 is 1. The first-order chi connectivity index (χ1) is 55.4. The number of aromatic nitrogens is 9. The van der Waals surface area contributed by atoms with E-state index in [9.17, 15) is 28.8 Å². The van der Waals surface area contributed by atoms with E-state index >= 15 is 0 Å². The van der Waals surface area contributed by atoms with E-state index in [0.29, 0.717) is 42.6 Å². The Balaban J connectivity index is 0.000000159. The summed E-state index contributed by atoms with van der Waals surface area (Å²) in [7, 11) is 1.65. The number of nitrogen functional groups attached to an aromatic ring is 2. The number of anilines is 3. The van der Waals surface area contributed by atoms with Gasteiger partial charge in [-0.25, -0.2) is 19.5 Å². The van der Waals surface area contributed by atoms with Gasteiger partial charge in [0, 0.05) is 44.4 Å². The number of benzene rings is 11. The molecule has 14 rings (SSSR count). The van der Waals surface area contributed by atoms with Crippen molar-refractivity contribution >= 4 is 217 Å². The minimum Gasteiger partial charge on any atom is -0.497 e. The van der Waals surface area contributed by atoms with Gasteiger partial charge in [0.2, 0.25) is 27.3 Å². The van der Waals surface area contributed by atoms with Gasteiger partial charge in [0.15, 0.2) is 10.3 Å². The normalized spacial score (nSPS) is 10.8. The number of alkyl halides is 1. The number of isothiocyanates is 1. The van der Waals surface area contributed by atoms with Gasteiger partial charge in [-0.1, -0.05) is 154 Å². The van der Waals surface area contributed by atoms with Gasteiger partial charge in [0.25, 0.3) is 0 Å². The summed E-state index contributed by atoms with van der Waals surface area (Å²) in [5.74, 6) is -2.19. The van der Waals surface area contributed by atoms with Gasteiger partial charge < -0.3 is 36.8 Å². The highest BCUT2D eigenvalue weighted by atomic mass is 79.9. The molecule has 11 aromatic carbocycles. The molecule has 0 radical (unpaired) electrons. The summed E-state index contributed by atoms with van der Waals surface area (Å²) in [6.07, 6.45) is 0.190. The van der Waals surface area contributed by atoms with Gasteiger partial charge in [0.1, 0.15) is 23.2 Å². The number of aryl methyl sites for hydroxylation is 7. The Labute approximate surface area is 712 Å². The molecule has 0 saturated heterocycles. The number of rotatable bonds is 20. The van der Waals surface area contributed by atoms with Crippen LogP contribution in [0.3, 0.4) is 0 Å². The number of hydrogen-bond donors (Lipinski definition) is 7. The van der Waals surface area contributed by atoms with Crippen LogP contribution in [0.5, 0.6) is 5.75 Å². The molecule has 32 heteroatoms. The number of carbonyl (C=O) groups is 6. The molecule has 0 aliphatic carbocycles. The van der Waals surface area contributed by atoms with Crippen LogP contribution in [0.4, 0.5) is 23.3 Å². The number of ether oxygens (including phenoxy) is 1. The van der Waals surface area contributed by atoms with E-state index in [1.54, 1.807) is 28.4 Å². The van der Waals surface area contributed by atoms with Crippen LogP contribution in [-0.4, -0.2) is 125 Å². The second-order valence-electron chi connectivity index (χ2n) is 26.3. The molecule has 9 N–H and O–H groups in total. The van der Waals surface area contributed by atoms with E-state index in [4.69, 9.17) is 90.1 Å². The van der Waals surface area contributed by atoms with Gasteiger partial charge in [0.05, 0.1) is 73.9 Å². The third-order valence-corrected chi connectivity index (χ3v) is 22.2. The number of carboxylic acids is 3. The summed E-state index contributed by atoms with van der Waals surface area (Å²) in [6.45, 7) is 14.5. The van der Waals surface area contributed by atoms with Crippen molar-refractivity contribution in [1.82, 2.24) is 44.3 Å². The van der Waals surface area contributed by atoms with Crippen molar-refractivity contribution in [2.24, 2.45) is 4.99 Å². The summed E-state index contributed by atoms with van der Waals surface area (Å²) in [4.78, 5) is 73.0. The van der Waals surface area contributed by atoms with Gasteiger partial charge in [-0.05, 0) is 241 Å². The molecule has 116 heavy (non-hydrogen) atoms. The zero-order valence-electron chi connectivity index (χ0n) is 63.2. The van der Waals surface area contributed by atoms with Crippen LogP contribution in [0.15, 0.2) is 196 Å². The summed E-state index contributed by atoms with van der Waals surface area (Å²) in [5.41, 5.74) is 25.6. The minimum atomic E-state index is -1.08. The lowest BCUT2D eigenvalue weighted by Gasteiger charge is -2.13. The van der Waals surface area contributed by atoms with E-state index in [2.05, 4.69) is 182 Å². The van der Waals surface area contributed by atoms with Gasteiger partial charge >= 0.3 is 17.9 Å². The fourth-order valence-corrected chi connectivity index (χ4v) is 15.5. The lowest BCUT2D eigenvalue weighted by molar-refractivity contribution is -0.116. The monoisotopic (exact) mass is 1770 g/mol. The summed E-state index contributed by atoms with van der Waals surface area (Å²) >= 11 is 39.3. The highest BCUT2D eigenvalue weighted by Crippen LogP contribution is 2.37. The van der Waals surface area contributed by atoms with Crippen molar-refractivity contribution in [3.05, 3.63) is 267 Å². The maximum Gasteiger partial charge on any atom is 0.335 e. The maximum absolute atomic E-state index is 12.6. The number of ketones is 2. The molecule has 592 valence electrons. The molecule has 23 nitrogen and oxygen atoms in total. The van der Waals surface area contributed by atoms with Crippen LogP contribution in [-0.2, 0) is 27.2 Å². The van der Waals surface area contributed by atoms with E-state index in [1.165, 1.54) is 93.6 Å². The van der Waals surface area contributed by atoms with Crippen molar-refractivity contribution in [2.75, 3.05) is 41.3 Å². The topological polar surface area (TPSA) is 344 Å². The zero-order chi connectivity index (χ0) is 83.9. The Bertz CT molecular complexity index is 6100. The Hall–Kier alpha value is -11.1. The molecule has 0 saturated carbocycles. The van der Waals surface area contributed by atoms with Crippen LogP contribution in [0.2, 0.25) is 15.1 Å². The first-order valence-corrected chi connectivity index (χ1v) is 40.2. The van der Waals surface area contributed by atoms with Crippen LogP contribution >= 0.6 is 110 Å². The zero-order valence-corrected chi connectivity index (χ0v) is 71.1. The largest absolute Gasteiger partial charge is 0.497 e. The number of amides is 1. The average Bonchev–Trinajstić information content (AvgIpc) is 1.52. The van der Waals surface area contributed by atoms with Crippen molar-refractivity contribution < 1.29 is 48.8 Å². The Morgan fingerprint density at radius 2 is 0.940 bits per heavy atom. The quantitative estimate of drug-likeness (QED) is 0.0161. The molecular weight excluding hydrogens is 1700 g/mol. The average molecular weight is 1770 g/mol. The first-order valence-electron chi connectivity index (χ1n) is 35.0. The molecule has 0 aliphatic heterocycles. The van der Waals surface area contributed by atoms with Gasteiger partial charge in [-0.15, -0.1) is 37.1 Å². The predicted octanol–water partition coefficient (Wildman–Crippen LogP) is 20.3. The first kappa shape index (κ1) is 87.2. The minimum absolute atomic E-state index is 0.0553. The predicted molar refractivity (Wildman–Crippen MR) is 472 cm³/mol. The number of thiocarbonyl (C=S) groups is 1. The number of fused-ring (bicyclic) bond motifs is 4. The number of aromatic amines is 1. The van der Waals surface area contributed by atoms with Gasteiger partial charge in [-0.3, -0.25) is 28.1 Å². The van der Waals surface area contributed by atoms with Crippen LogP contribution in [0.25, 0.3) is 60.2 Å². The molecule has 0 atom stereocenters. The van der Waals surface area contributed by atoms with Crippen molar-refractivity contribution in [1.29, 1.82) is 0 Å². The molecule has 1 amide bonds. The van der Waals surface area contributed by atoms with Crippen LogP contribution in [0.1, 0.15) is 81.1 Å². The molecule has 0 fully saturated rings. The number of hydrogen-bond acceptors (Lipinski definition) is 19. The van der Waals surface area contributed by atoms with Crippen molar-refractivity contribution in [2.45, 2.75) is 71.6 Å². The molecule has 3 heterocycles. The lowest BCUT2D eigenvalue weighted by Crippen LogP contribution is -2.13. The number of carboxylic acid groups (broad SMARTS) is 3. The number of H-pyrrole nitrogens is 1. The third-order valence-electron chi connectivity index (χ3n) is 18.1. The number of halogens is 5. The van der Waals surface area contributed by atoms with Crippen LogP contribution < -0.4 is 21.5 Å². The standard InChI is InChI=1S/C24H19BrClN3O3S.C24H21ClN4O3S.C14H14N4S.C13H11NOS.C9H7Cl2NO3/c1-13-3-7-18-14(2)4-8-21(19(18)9-13)29-23(25)27-28-24(29)33-12-17(30)10-15-5-6-16(22(31)32)11-20(15)26;1-13-3-7-18-14(2)4-8-21(19(18)9-13)29-23(26)27-28-24(29)33-12-17(30)10-15-5-6-16(22(31)32)11-20(15)25;1-8-3-5-10-9(2)4-6-12(11(10)7-8)18-13(15)16-17-14(18)19;1-9-3-6-13(14-8-16)12-7-10(15-2)4-5-11(9)12;10-4-8(13)12-7-2-1-5(9(14)15)3-6(7)11/h3-9,11H,10,12H2,1-2H3,(H,31,32);3-9,11H,10,12H2,1-2H3,(H2,26,27)(H,31,32);3-7H,1-2H3,(H2,15,16)(H,17,19);3-7H,1-2H3;1-3H,4H2,(H,12,13)(H,14,15). The Morgan fingerprint density at radius 1 is 0.517 bits per heavy atom. The van der Waals surface area contributed by atoms with Gasteiger partial charge in [-0.2, -0.15) is 4.99 Å². The smallest absolute Gasteiger partial charge is 0.335 e. The summed E-state index contributed by atoms with van der Waals surface area (Å²) < 4.78 is 11.7. The second kappa shape index (κ2) is 39.5. The fraction of sp³-hybridized carbons (Fsp3) is 0.155. The highest BCUT2D eigenvalue weighted by molar-refractivity contribution is 9.10. The van der Waals surface area contributed by atoms with Crippen molar-refractivity contribution in [3.8, 4) is 22.8 Å².